The van der Waals surface area contributed by atoms with Crippen molar-refractivity contribution in [1.29, 1.82) is 0 Å². The maximum absolute atomic E-state index is 12.2. The number of nitrogens with zero attached hydrogens (tertiary/aromatic N) is 2. The second-order valence-corrected chi connectivity index (χ2v) is 5.71. The number of rotatable bonds is 5. The molecule has 0 bridgehead atoms. The molecular weight excluding hydrogens is 304 g/mol. The molecule has 2 aromatic heterocycles. The van der Waals surface area contributed by atoms with Crippen LogP contribution in [0, 0.1) is 6.92 Å². The molecule has 0 aliphatic rings. The highest BCUT2D eigenvalue weighted by atomic mass is 32.2. The Morgan fingerprint density at radius 3 is 3.14 bits per heavy atom. The van der Waals surface area contributed by atoms with Gasteiger partial charge >= 0.3 is 0 Å². The summed E-state index contributed by atoms with van der Waals surface area (Å²) in [6.45, 7) is 2.02. The van der Waals surface area contributed by atoms with Crippen LogP contribution in [0.15, 0.2) is 33.8 Å². The molecule has 0 spiro atoms. The van der Waals surface area contributed by atoms with E-state index in [0.717, 1.165) is 10.9 Å². The van der Waals surface area contributed by atoms with Gasteiger partial charge in [0.2, 0.25) is 11.1 Å². The molecule has 0 saturated heterocycles. The van der Waals surface area contributed by atoms with Gasteiger partial charge in [0.15, 0.2) is 5.76 Å². The third-order valence-electron chi connectivity index (χ3n) is 2.91. The van der Waals surface area contributed by atoms with Gasteiger partial charge in [0.25, 0.3) is 5.91 Å². The molecule has 3 rings (SSSR count). The summed E-state index contributed by atoms with van der Waals surface area (Å²) in [5.41, 5.74) is 1.76. The van der Waals surface area contributed by atoms with Crippen LogP contribution in [-0.2, 0) is 0 Å². The molecule has 0 fully saturated rings. The minimum Gasteiger partial charge on any atom is -0.451 e. The summed E-state index contributed by atoms with van der Waals surface area (Å²) in [4.78, 5) is 16.2. The number of H-pyrrole nitrogens is 1. The van der Waals surface area contributed by atoms with Crippen molar-refractivity contribution in [3.63, 3.8) is 0 Å². The van der Waals surface area contributed by atoms with Crippen LogP contribution in [0.1, 0.15) is 16.1 Å². The lowest BCUT2D eigenvalue weighted by molar-refractivity contribution is 0.0998. The van der Waals surface area contributed by atoms with Crippen LogP contribution in [0.25, 0.3) is 11.0 Å². The van der Waals surface area contributed by atoms with E-state index in [1.807, 2.05) is 25.1 Å². The highest BCUT2D eigenvalue weighted by Crippen LogP contribution is 2.21. The number of thioether (sulfide) groups is 1. The van der Waals surface area contributed by atoms with E-state index in [9.17, 15) is 4.79 Å². The molecule has 1 amide bonds. The molecule has 0 aliphatic carbocycles. The lowest BCUT2D eigenvalue weighted by atomic mass is 10.2. The van der Waals surface area contributed by atoms with Gasteiger partial charge in [0.1, 0.15) is 5.58 Å². The van der Waals surface area contributed by atoms with E-state index in [2.05, 4.69) is 20.5 Å². The summed E-state index contributed by atoms with van der Waals surface area (Å²) in [7, 11) is 0. The number of furan rings is 1. The molecule has 0 atom stereocenters. The van der Waals surface area contributed by atoms with Gasteiger partial charge in [0, 0.05) is 11.1 Å². The number of hydrogen-bond acceptors (Lipinski definition) is 6. The van der Waals surface area contributed by atoms with Gasteiger partial charge in [-0.15, -0.1) is 5.10 Å². The van der Waals surface area contributed by atoms with Crippen LogP contribution in [0.5, 0.6) is 0 Å². The number of aryl methyl sites for hydroxylation is 1. The third-order valence-corrected chi connectivity index (χ3v) is 3.74. The minimum absolute atomic E-state index is 0.0410. The Balaban J connectivity index is 1.73. The molecule has 0 unspecified atom stereocenters. The van der Waals surface area contributed by atoms with Crippen LogP contribution in [0.4, 0.5) is 5.95 Å². The van der Waals surface area contributed by atoms with Crippen molar-refractivity contribution in [1.82, 2.24) is 15.2 Å². The SMILES string of the molecule is Cc1ccc2oc(C(=O)Nc3nc(SCCO)n[nH]3)cc2c1. The lowest BCUT2D eigenvalue weighted by Crippen LogP contribution is -2.11. The first kappa shape index (κ1) is 14.6. The van der Waals surface area contributed by atoms with Gasteiger partial charge < -0.3 is 9.52 Å². The Kier molecular flexibility index (Phi) is 4.12. The van der Waals surface area contributed by atoms with E-state index in [1.165, 1.54) is 11.8 Å². The van der Waals surface area contributed by atoms with E-state index in [1.54, 1.807) is 6.07 Å². The number of carbonyl (C=O) groups is 1. The average Bonchev–Trinajstić information content (AvgIpc) is 3.11. The average molecular weight is 318 g/mol. The molecule has 22 heavy (non-hydrogen) atoms. The monoisotopic (exact) mass is 318 g/mol. The van der Waals surface area contributed by atoms with Crippen molar-refractivity contribution >= 4 is 34.6 Å². The minimum atomic E-state index is -0.399. The normalized spacial score (nSPS) is 11.0. The Bertz CT molecular complexity index is 811. The van der Waals surface area contributed by atoms with Gasteiger partial charge in [-0.2, -0.15) is 4.98 Å². The fourth-order valence-electron chi connectivity index (χ4n) is 1.95. The topological polar surface area (TPSA) is 104 Å². The molecule has 0 aliphatic heterocycles. The number of amides is 1. The number of benzene rings is 1. The van der Waals surface area contributed by atoms with Crippen molar-refractivity contribution in [2.24, 2.45) is 0 Å². The van der Waals surface area contributed by atoms with E-state index in [4.69, 9.17) is 9.52 Å². The Labute approximate surface area is 130 Å². The zero-order chi connectivity index (χ0) is 15.5. The van der Waals surface area contributed by atoms with Gasteiger partial charge in [-0.1, -0.05) is 23.4 Å². The fourth-order valence-corrected chi connectivity index (χ4v) is 2.49. The third kappa shape index (κ3) is 3.12. The molecule has 8 heteroatoms. The first-order chi connectivity index (χ1) is 10.7. The standard InChI is InChI=1S/C14H14N4O3S/c1-8-2-3-10-9(6-8)7-11(21-10)12(20)15-13-16-14(18-17-13)22-5-4-19/h2-3,6-7,19H,4-5H2,1H3,(H2,15,16,17,18,20). The predicted octanol–water partition coefficient (Wildman–Crippen LogP) is 2.20. The van der Waals surface area contributed by atoms with Crippen molar-refractivity contribution in [2.45, 2.75) is 12.1 Å². The molecule has 7 nitrogen and oxygen atoms in total. The van der Waals surface area contributed by atoms with Crippen LogP contribution < -0.4 is 5.32 Å². The number of anilines is 1. The maximum atomic E-state index is 12.2. The summed E-state index contributed by atoms with van der Waals surface area (Å²) in [5, 5.41) is 19.2. The van der Waals surface area contributed by atoms with Crippen LogP contribution in [0.2, 0.25) is 0 Å². The number of hydrogen-bond donors (Lipinski definition) is 3. The predicted molar refractivity (Wildman–Crippen MR) is 83.1 cm³/mol. The second kappa shape index (κ2) is 6.20. The van der Waals surface area contributed by atoms with E-state index in [-0.39, 0.29) is 18.3 Å². The Hall–Kier alpha value is -2.32. The van der Waals surface area contributed by atoms with Gasteiger partial charge in [-0.3, -0.25) is 10.1 Å². The number of aromatic nitrogens is 3. The molecular formula is C14H14N4O3S. The second-order valence-electron chi connectivity index (χ2n) is 4.64. The Morgan fingerprint density at radius 1 is 1.45 bits per heavy atom. The zero-order valence-electron chi connectivity index (χ0n) is 11.8. The molecule has 3 aromatic rings. The lowest BCUT2D eigenvalue weighted by Gasteiger charge is -1.96. The Morgan fingerprint density at radius 2 is 2.32 bits per heavy atom. The molecule has 3 N–H and O–H groups in total. The first-order valence-corrected chi connectivity index (χ1v) is 7.62. The van der Waals surface area contributed by atoms with Crippen molar-refractivity contribution in [3.05, 3.63) is 35.6 Å². The number of aliphatic hydroxyl groups is 1. The van der Waals surface area contributed by atoms with Crippen LogP contribution >= 0.6 is 11.8 Å². The number of carbonyl (C=O) groups excluding carboxylic acids is 1. The van der Waals surface area contributed by atoms with E-state index in [0.29, 0.717) is 16.5 Å². The number of nitrogens with one attached hydrogen (secondary N) is 2. The van der Waals surface area contributed by atoms with E-state index >= 15 is 0 Å². The summed E-state index contributed by atoms with van der Waals surface area (Å²) in [5.74, 6) is 0.543. The molecule has 2 heterocycles. The fraction of sp³-hybridized carbons (Fsp3) is 0.214. The number of aliphatic hydroxyl groups excluding tert-OH is 1. The molecule has 0 radical (unpaired) electrons. The highest BCUT2D eigenvalue weighted by Gasteiger charge is 2.14. The quantitative estimate of drug-likeness (QED) is 0.623. The van der Waals surface area contributed by atoms with Gasteiger partial charge in [-0.25, -0.2) is 5.10 Å². The van der Waals surface area contributed by atoms with E-state index < -0.39 is 5.91 Å². The van der Waals surface area contributed by atoms with Crippen molar-refractivity contribution < 1.29 is 14.3 Å². The van der Waals surface area contributed by atoms with Crippen molar-refractivity contribution in [2.75, 3.05) is 17.7 Å². The maximum Gasteiger partial charge on any atom is 0.293 e. The molecule has 114 valence electrons. The smallest absolute Gasteiger partial charge is 0.293 e. The van der Waals surface area contributed by atoms with Gasteiger partial charge in [-0.05, 0) is 25.1 Å². The van der Waals surface area contributed by atoms with Crippen molar-refractivity contribution in [3.8, 4) is 0 Å². The number of aromatic amines is 1. The zero-order valence-corrected chi connectivity index (χ0v) is 12.6. The summed E-state index contributed by atoms with van der Waals surface area (Å²) < 4.78 is 5.52. The molecule has 1 aromatic carbocycles. The first-order valence-electron chi connectivity index (χ1n) is 6.63. The summed E-state index contributed by atoms with van der Waals surface area (Å²) in [6.07, 6.45) is 0. The highest BCUT2D eigenvalue weighted by molar-refractivity contribution is 7.99. The van der Waals surface area contributed by atoms with Crippen LogP contribution in [-0.4, -0.2) is 38.6 Å². The van der Waals surface area contributed by atoms with Crippen LogP contribution in [0.3, 0.4) is 0 Å². The number of fused-ring (bicyclic) bond motifs is 1. The summed E-state index contributed by atoms with van der Waals surface area (Å²) >= 11 is 1.29. The van der Waals surface area contributed by atoms with Gasteiger partial charge in [0.05, 0.1) is 6.61 Å². The summed E-state index contributed by atoms with van der Waals surface area (Å²) in [6, 6.07) is 7.40. The molecule has 0 saturated carbocycles. The largest absolute Gasteiger partial charge is 0.451 e.